The molecule has 1 rings (SSSR count). The highest BCUT2D eigenvalue weighted by atomic mass is 32.2. The summed E-state index contributed by atoms with van der Waals surface area (Å²) in [5.74, 6) is -1.60. The topological polar surface area (TPSA) is 89.3 Å². The van der Waals surface area contributed by atoms with Gasteiger partial charge in [-0.3, -0.25) is 9.48 Å². The Bertz CT molecular complexity index is 449. The van der Waals surface area contributed by atoms with E-state index in [-0.39, 0.29) is 17.9 Å². The number of carboxylic acid groups (broad SMARTS) is 1. The molecule has 7 heteroatoms. The van der Waals surface area contributed by atoms with Gasteiger partial charge in [0.25, 0.3) is 0 Å². The second kappa shape index (κ2) is 4.43. The van der Waals surface area contributed by atoms with Crippen molar-refractivity contribution < 1.29 is 18.3 Å². The third-order valence-corrected chi connectivity index (χ3v) is 3.37. The molecule has 1 heterocycles. The van der Waals surface area contributed by atoms with Crippen molar-refractivity contribution in [3.8, 4) is 0 Å². The summed E-state index contributed by atoms with van der Waals surface area (Å²) < 4.78 is 24.3. The van der Waals surface area contributed by atoms with Gasteiger partial charge < -0.3 is 5.11 Å². The molecular formula is C8H12N2O4S. The van der Waals surface area contributed by atoms with Crippen LogP contribution < -0.4 is 0 Å². The quantitative estimate of drug-likeness (QED) is 0.760. The molecule has 1 aromatic heterocycles. The molecule has 6 nitrogen and oxygen atoms in total. The molecule has 0 unspecified atom stereocenters. The number of nitrogens with zero attached hydrogens (tertiary/aromatic N) is 2. The summed E-state index contributed by atoms with van der Waals surface area (Å²) in [7, 11) is -1.66. The fourth-order valence-electron chi connectivity index (χ4n) is 1.12. The van der Waals surface area contributed by atoms with Crippen LogP contribution in [0.25, 0.3) is 0 Å². The number of aryl methyl sites for hydroxylation is 1. The van der Waals surface area contributed by atoms with Crippen LogP contribution in [0.3, 0.4) is 0 Å². The number of aromatic nitrogens is 2. The summed E-state index contributed by atoms with van der Waals surface area (Å²) >= 11 is 0. The number of sulfone groups is 1. The molecule has 1 aromatic rings. The van der Waals surface area contributed by atoms with E-state index in [1.807, 2.05) is 0 Å². The van der Waals surface area contributed by atoms with Gasteiger partial charge in [-0.05, 0) is 0 Å². The van der Waals surface area contributed by atoms with E-state index in [0.29, 0.717) is 5.56 Å². The Morgan fingerprint density at radius 1 is 1.60 bits per heavy atom. The lowest BCUT2D eigenvalue weighted by Gasteiger charge is -1.99. The van der Waals surface area contributed by atoms with Crippen LogP contribution in [0, 0.1) is 0 Å². The van der Waals surface area contributed by atoms with Crippen molar-refractivity contribution in [1.29, 1.82) is 0 Å². The molecule has 1 N–H and O–H groups in total. The molecule has 0 fully saturated rings. The predicted octanol–water partition coefficient (Wildman–Crippen LogP) is -0.190. The number of aliphatic carboxylic acids is 1. The Hall–Kier alpha value is -1.37. The first-order chi connectivity index (χ1) is 6.89. The first kappa shape index (κ1) is 11.7. The lowest BCUT2D eigenvalue weighted by molar-refractivity contribution is -0.136. The van der Waals surface area contributed by atoms with Crippen LogP contribution >= 0.6 is 0 Å². The fraction of sp³-hybridized carbons (Fsp3) is 0.500. The first-order valence-electron chi connectivity index (χ1n) is 4.29. The molecular weight excluding hydrogens is 220 g/mol. The Labute approximate surface area is 87.4 Å². The minimum absolute atomic E-state index is 0.159. The number of hydrogen-bond acceptors (Lipinski definition) is 4. The Kier molecular flexibility index (Phi) is 3.46. The van der Waals surface area contributed by atoms with E-state index in [1.54, 1.807) is 13.2 Å². The molecule has 0 saturated heterocycles. The molecule has 15 heavy (non-hydrogen) atoms. The molecule has 0 radical (unpaired) electrons. The van der Waals surface area contributed by atoms with E-state index in [9.17, 15) is 13.2 Å². The smallest absolute Gasteiger partial charge is 0.304 e. The zero-order valence-electron chi connectivity index (χ0n) is 8.25. The monoisotopic (exact) mass is 232 g/mol. The largest absolute Gasteiger partial charge is 0.481 e. The van der Waals surface area contributed by atoms with Gasteiger partial charge in [-0.15, -0.1) is 0 Å². The molecule has 0 bridgehead atoms. The average Bonchev–Trinajstić information content (AvgIpc) is 2.47. The van der Waals surface area contributed by atoms with Crippen molar-refractivity contribution in [1.82, 2.24) is 9.78 Å². The van der Waals surface area contributed by atoms with E-state index in [1.165, 1.54) is 10.9 Å². The van der Waals surface area contributed by atoms with Crippen molar-refractivity contribution in [2.24, 2.45) is 7.05 Å². The van der Waals surface area contributed by atoms with Gasteiger partial charge in [-0.1, -0.05) is 0 Å². The SMILES string of the molecule is Cn1cc(CS(=O)(=O)CCC(=O)O)cn1. The zero-order chi connectivity index (χ0) is 11.5. The molecule has 0 atom stereocenters. The Morgan fingerprint density at radius 2 is 2.27 bits per heavy atom. The molecule has 0 aromatic carbocycles. The zero-order valence-corrected chi connectivity index (χ0v) is 9.07. The summed E-state index contributed by atoms with van der Waals surface area (Å²) in [5, 5.41) is 12.2. The third-order valence-electron chi connectivity index (χ3n) is 1.77. The first-order valence-corrected chi connectivity index (χ1v) is 6.11. The van der Waals surface area contributed by atoms with Crippen LogP contribution in [-0.2, 0) is 27.4 Å². The van der Waals surface area contributed by atoms with Gasteiger partial charge in [0.2, 0.25) is 0 Å². The van der Waals surface area contributed by atoms with Gasteiger partial charge in [-0.2, -0.15) is 5.10 Å². The highest BCUT2D eigenvalue weighted by Gasteiger charge is 2.14. The number of hydrogen-bond donors (Lipinski definition) is 1. The van der Waals surface area contributed by atoms with Gasteiger partial charge in [0.15, 0.2) is 9.84 Å². The van der Waals surface area contributed by atoms with Crippen LogP contribution in [0.2, 0.25) is 0 Å². The highest BCUT2D eigenvalue weighted by molar-refractivity contribution is 7.90. The molecule has 0 aliphatic heterocycles. The van der Waals surface area contributed by atoms with Crippen LogP contribution in [0.1, 0.15) is 12.0 Å². The second-order valence-corrected chi connectivity index (χ2v) is 5.44. The molecule has 0 amide bonds. The summed E-state index contributed by atoms with van der Waals surface area (Å²) in [6, 6.07) is 0. The van der Waals surface area contributed by atoms with Crippen molar-refractivity contribution in [2.75, 3.05) is 5.75 Å². The van der Waals surface area contributed by atoms with Gasteiger partial charge >= 0.3 is 5.97 Å². The van der Waals surface area contributed by atoms with Crippen LogP contribution in [0.4, 0.5) is 0 Å². The maximum atomic E-state index is 11.4. The summed E-state index contributed by atoms with van der Waals surface area (Å²) in [4.78, 5) is 10.2. The highest BCUT2D eigenvalue weighted by Crippen LogP contribution is 2.06. The lowest BCUT2D eigenvalue weighted by Crippen LogP contribution is -2.12. The van der Waals surface area contributed by atoms with E-state index >= 15 is 0 Å². The van der Waals surface area contributed by atoms with Crippen molar-refractivity contribution in [3.05, 3.63) is 18.0 Å². The number of carbonyl (C=O) groups is 1. The predicted molar refractivity (Wildman–Crippen MR) is 53.0 cm³/mol. The maximum Gasteiger partial charge on any atom is 0.304 e. The average molecular weight is 232 g/mol. The van der Waals surface area contributed by atoms with Crippen LogP contribution in [0.15, 0.2) is 12.4 Å². The maximum absolute atomic E-state index is 11.4. The molecule has 0 spiro atoms. The van der Waals surface area contributed by atoms with Gasteiger partial charge in [0.1, 0.15) is 0 Å². The van der Waals surface area contributed by atoms with Crippen LogP contribution in [0.5, 0.6) is 0 Å². The van der Waals surface area contributed by atoms with E-state index in [0.717, 1.165) is 0 Å². The van der Waals surface area contributed by atoms with E-state index in [4.69, 9.17) is 5.11 Å². The fourth-order valence-corrected chi connectivity index (χ4v) is 2.40. The van der Waals surface area contributed by atoms with Gasteiger partial charge in [0.05, 0.1) is 24.1 Å². The minimum atomic E-state index is -3.35. The third kappa shape index (κ3) is 4.11. The van der Waals surface area contributed by atoms with Gasteiger partial charge in [-0.25, -0.2) is 8.42 Å². The van der Waals surface area contributed by atoms with Crippen LogP contribution in [-0.4, -0.2) is 35.0 Å². The lowest BCUT2D eigenvalue weighted by atomic mass is 10.4. The van der Waals surface area contributed by atoms with Crippen molar-refractivity contribution in [2.45, 2.75) is 12.2 Å². The Balaban J connectivity index is 2.60. The summed E-state index contributed by atoms with van der Waals surface area (Å²) in [5.41, 5.74) is 0.572. The molecule has 0 saturated carbocycles. The second-order valence-electron chi connectivity index (χ2n) is 3.26. The molecule has 84 valence electrons. The summed E-state index contributed by atoms with van der Waals surface area (Å²) in [6.45, 7) is 0. The molecule has 0 aliphatic rings. The standard InChI is InChI=1S/C8H12N2O4S/c1-10-5-7(4-9-10)6-15(13,14)3-2-8(11)12/h4-5H,2-3,6H2,1H3,(H,11,12). The van der Waals surface area contributed by atoms with Gasteiger partial charge in [0, 0.05) is 18.8 Å². The van der Waals surface area contributed by atoms with E-state index < -0.39 is 15.8 Å². The molecule has 0 aliphatic carbocycles. The van der Waals surface area contributed by atoms with Crippen molar-refractivity contribution in [3.63, 3.8) is 0 Å². The van der Waals surface area contributed by atoms with E-state index in [2.05, 4.69) is 5.10 Å². The normalized spacial score (nSPS) is 11.5. The van der Waals surface area contributed by atoms with Crippen molar-refractivity contribution >= 4 is 15.8 Å². The Morgan fingerprint density at radius 3 is 2.73 bits per heavy atom. The summed E-state index contributed by atoms with van der Waals surface area (Å²) in [6.07, 6.45) is 2.69. The number of rotatable bonds is 5. The minimum Gasteiger partial charge on any atom is -0.481 e. The number of carboxylic acids is 1.